The third kappa shape index (κ3) is 3.48. The fraction of sp³-hybridized carbons (Fsp3) is 0.143. The molecule has 2 rings (SSSR count). The van der Waals surface area contributed by atoms with E-state index in [4.69, 9.17) is 16.3 Å². The lowest BCUT2D eigenvalue weighted by atomic mass is 10.2. The van der Waals surface area contributed by atoms with Gasteiger partial charge in [-0.2, -0.15) is 0 Å². The van der Waals surface area contributed by atoms with Gasteiger partial charge in [-0.25, -0.2) is 0 Å². The highest BCUT2D eigenvalue weighted by molar-refractivity contribution is 9.10. The first-order valence-electron chi connectivity index (χ1n) is 5.28. The Morgan fingerprint density at radius 2 is 2.00 bits per heavy atom. The van der Waals surface area contributed by atoms with Gasteiger partial charge in [-0.3, -0.25) is 0 Å². The highest BCUT2D eigenvalue weighted by atomic mass is 79.9. The second-order valence-corrected chi connectivity index (χ2v) is 5.12. The molecule has 0 spiro atoms. The summed E-state index contributed by atoms with van der Waals surface area (Å²) in [5.41, 5.74) is 2.25. The van der Waals surface area contributed by atoms with E-state index < -0.39 is 0 Å². The molecule has 0 amide bonds. The zero-order valence-electron chi connectivity index (χ0n) is 9.41. The molecule has 0 saturated carbocycles. The zero-order chi connectivity index (χ0) is 12.3. The number of aryl methyl sites for hydroxylation is 1. The van der Waals surface area contributed by atoms with Crippen LogP contribution in [0.4, 0.5) is 0 Å². The maximum absolute atomic E-state index is 6.02. The van der Waals surface area contributed by atoms with Crippen LogP contribution < -0.4 is 4.74 Å². The minimum absolute atomic E-state index is 0.524. The SMILES string of the molecule is Cc1cccc(OCc2ccc(Br)c(Cl)c2)c1. The highest BCUT2D eigenvalue weighted by Crippen LogP contribution is 2.24. The monoisotopic (exact) mass is 310 g/mol. The number of hydrogen-bond donors (Lipinski definition) is 0. The quantitative estimate of drug-likeness (QED) is 0.776. The van der Waals surface area contributed by atoms with Crippen molar-refractivity contribution in [2.24, 2.45) is 0 Å². The van der Waals surface area contributed by atoms with Crippen LogP contribution in [0.25, 0.3) is 0 Å². The number of rotatable bonds is 3. The molecule has 0 aliphatic rings. The standard InChI is InChI=1S/C14H12BrClO/c1-10-3-2-4-12(7-10)17-9-11-5-6-13(15)14(16)8-11/h2-8H,9H2,1H3. The largest absolute Gasteiger partial charge is 0.489 e. The van der Waals surface area contributed by atoms with Gasteiger partial charge in [-0.1, -0.05) is 29.8 Å². The van der Waals surface area contributed by atoms with Gasteiger partial charge < -0.3 is 4.74 Å². The molecule has 2 aromatic carbocycles. The van der Waals surface area contributed by atoms with Crippen molar-refractivity contribution >= 4 is 27.5 Å². The Labute approximate surface area is 115 Å². The molecule has 0 heterocycles. The molecule has 0 radical (unpaired) electrons. The molecular formula is C14H12BrClO. The summed E-state index contributed by atoms with van der Waals surface area (Å²) >= 11 is 9.38. The van der Waals surface area contributed by atoms with E-state index in [1.54, 1.807) is 0 Å². The third-order valence-corrected chi connectivity index (χ3v) is 3.61. The minimum Gasteiger partial charge on any atom is -0.489 e. The highest BCUT2D eigenvalue weighted by Gasteiger charge is 2.00. The van der Waals surface area contributed by atoms with E-state index in [9.17, 15) is 0 Å². The van der Waals surface area contributed by atoms with Crippen LogP contribution in [0.3, 0.4) is 0 Å². The molecule has 0 aliphatic carbocycles. The first-order valence-corrected chi connectivity index (χ1v) is 6.45. The molecule has 2 aromatic rings. The predicted molar refractivity (Wildman–Crippen MR) is 74.7 cm³/mol. The third-order valence-electron chi connectivity index (χ3n) is 2.38. The van der Waals surface area contributed by atoms with E-state index in [1.807, 2.05) is 49.4 Å². The topological polar surface area (TPSA) is 9.23 Å². The first-order chi connectivity index (χ1) is 8.15. The van der Waals surface area contributed by atoms with Crippen LogP contribution in [0.5, 0.6) is 5.75 Å². The molecule has 0 fully saturated rings. The Balaban J connectivity index is 2.05. The van der Waals surface area contributed by atoms with Crippen LogP contribution in [0.1, 0.15) is 11.1 Å². The summed E-state index contributed by atoms with van der Waals surface area (Å²) in [6, 6.07) is 13.8. The van der Waals surface area contributed by atoms with E-state index in [-0.39, 0.29) is 0 Å². The Kier molecular flexibility index (Phi) is 4.08. The minimum atomic E-state index is 0.524. The summed E-state index contributed by atoms with van der Waals surface area (Å²) in [5.74, 6) is 0.879. The van der Waals surface area contributed by atoms with Gasteiger partial charge in [0.25, 0.3) is 0 Å². The van der Waals surface area contributed by atoms with Gasteiger partial charge in [0.15, 0.2) is 0 Å². The Hall–Kier alpha value is -0.990. The summed E-state index contributed by atoms with van der Waals surface area (Å²) in [5, 5.41) is 0.704. The van der Waals surface area contributed by atoms with Crippen molar-refractivity contribution in [3.63, 3.8) is 0 Å². The molecule has 0 atom stereocenters. The van der Waals surface area contributed by atoms with Gasteiger partial charge in [-0.15, -0.1) is 0 Å². The normalized spacial score (nSPS) is 10.3. The smallest absolute Gasteiger partial charge is 0.120 e. The van der Waals surface area contributed by atoms with Crippen molar-refractivity contribution < 1.29 is 4.74 Å². The maximum atomic E-state index is 6.02. The summed E-state index contributed by atoms with van der Waals surface area (Å²) in [6.07, 6.45) is 0. The fourth-order valence-electron chi connectivity index (χ4n) is 1.50. The number of hydrogen-bond acceptors (Lipinski definition) is 1. The van der Waals surface area contributed by atoms with Crippen LogP contribution in [0, 0.1) is 6.92 Å². The van der Waals surface area contributed by atoms with Crippen molar-refractivity contribution in [3.8, 4) is 5.75 Å². The van der Waals surface area contributed by atoms with Gasteiger partial charge in [-0.05, 0) is 58.2 Å². The Morgan fingerprint density at radius 1 is 1.18 bits per heavy atom. The summed E-state index contributed by atoms with van der Waals surface area (Å²) in [4.78, 5) is 0. The van der Waals surface area contributed by atoms with E-state index in [0.29, 0.717) is 11.6 Å². The molecule has 88 valence electrons. The van der Waals surface area contributed by atoms with Crippen molar-refractivity contribution in [2.45, 2.75) is 13.5 Å². The van der Waals surface area contributed by atoms with Crippen molar-refractivity contribution in [1.29, 1.82) is 0 Å². The first kappa shape index (κ1) is 12.5. The van der Waals surface area contributed by atoms with Gasteiger partial charge in [0.05, 0.1) is 5.02 Å². The van der Waals surface area contributed by atoms with Gasteiger partial charge in [0.2, 0.25) is 0 Å². The zero-order valence-corrected chi connectivity index (χ0v) is 11.8. The Morgan fingerprint density at radius 3 is 2.71 bits per heavy atom. The lowest BCUT2D eigenvalue weighted by Crippen LogP contribution is -1.95. The van der Waals surface area contributed by atoms with Crippen molar-refractivity contribution in [1.82, 2.24) is 0 Å². The number of halogens is 2. The summed E-state index contributed by atoms with van der Waals surface area (Å²) < 4.78 is 6.60. The molecule has 0 unspecified atom stereocenters. The van der Waals surface area contributed by atoms with Gasteiger partial charge in [0.1, 0.15) is 12.4 Å². The summed E-state index contributed by atoms with van der Waals surface area (Å²) in [7, 11) is 0. The second kappa shape index (κ2) is 5.56. The average Bonchev–Trinajstić information content (AvgIpc) is 2.31. The summed E-state index contributed by atoms with van der Waals surface area (Å²) in [6.45, 7) is 2.57. The van der Waals surface area contributed by atoms with Crippen LogP contribution in [0.2, 0.25) is 5.02 Å². The molecule has 0 aliphatic heterocycles. The Bertz CT molecular complexity index is 525. The molecule has 0 bridgehead atoms. The van der Waals surface area contributed by atoms with E-state index >= 15 is 0 Å². The molecule has 17 heavy (non-hydrogen) atoms. The molecule has 0 saturated heterocycles. The second-order valence-electron chi connectivity index (χ2n) is 3.85. The van der Waals surface area contributed by atoms with Crippen LogP contribution >= 0.6 is 27.5 Å². The lowest BCUT2D eigenvalue weighted by molar-refractivity contribution is 0.306. The number of benzene rings is 2. The van der Waals surface area contributed by atoms with E-state index in [2.05, 4.69) is 15.9 Å². The molecule has 0 aromatic heterocycles. The van der Waals surface area contributed by atoms with Crippen molar-refractivity contribution in [3.05, 3.63) is 63.1 Å². The lowest BCUT2D eigenvalue weighted by Gasteiger charge is -2.07. The molecule has 1 nitrogen and oxygen atoms in total. The van der Waals surface area contributed by atoms with E-state index in [1.165, 1.54) is 5.56 Å². The molecule has 3 heteroatoms. The van der Waals surface area contributed by atoms with Crippen LogP contribution in [-0.4, -0.2) is 0 Å². The van der Waals surface area contributed by atoms with Crippen molar-refractivity contribution in [2.75, 3.05) is 0 Å². The maximum Gasteiger partial charge on any atom is 0.120 e. The van der Waals surface area contributed by atoms with Crippen LogP contribution in [-0.2, 0) is 6.61 Å². The van der Waals surface area contributed by atoms with Gasteiger partial charge >= 0.3 is 0 Å². The van der Waals surface area contributed by atoms with Crippen LogP contribution in [0.15, 0.2) is 46.9 Å². The fourth-order valence-corrected chi connectivity index (χ4v) is 1.95. The number of ether oxygens (including phenoxy) is 1. The molecule has 0 N–H and O–H groups in total. The average molecular weight is 312 g/mol. The van der Waals surface area contributed by atoms with E-state index in [0.717, 1.165) is 15.8 Å². The predicted octanol–water partition coefficient (Wildman–Crippen LogP) is 4.99. The van der Waals surface area contributed by atoms with Gasteiger partial charge in [0, 0.05) is 4.47 Å². The molecular weight excluding hydrogens is 300 g/mol.